The Morgan fingerprint density at radius 2 is 1.92 bits per heavy atom. The maximum absolute atomic E-state index is 12.3. The number of carbonyl (C=O) groups is 1. The zero-order valence-corrected chi connectivity index (χ0v) is 15.5. The third-order valence-electron chi connectivity index (χ3n) is 3.95. The Hall–Kier alpha value is -1.91. The van der Waals surface area contributed by atoms with Crippen LogP contribution in [-0.2, 0) is 11.2 Å². The second-order valence-corrected chi connectivity index (χ2v) is 7.59. The molecule has 0 atom stereocenters. The van der Waals surface area contributed by atoms with Gasteiger partial charge < -0.3 is 5.32 Å². The normalized spacial score (nSPS) is 11.2. The fourth-order valence-corrected chi connectivity index (χ4v) is 3.76. The number of aromatic nitrogens is 1. The van der Waals surface area contributed by atoms with E-state index in [-0.39, 0.29) is 5.91 Å². The average Bonchev–Trinajstić information content (AvgIpc) is 2.96. The molecular formula is C19H19ClN2OS. The Morgan fingerprint density at radius 3 is 2.54 bits per heavy atom. The van der Waals surface area contributed by atoms with Crippen LogP contribution in [0.1, 0.15) is 36.5 Å². The van der Waals surface area contributed by atoms with Crippen molar-refractivity contribution in [1.29, 1.82) is 0 Å². The summed E-state index contributed by atoms with van der Waals surface area (Å²) in [4.78, 5) is 16.8. The lowest BCUT2D eigenvalue weighted by molar-refractivity contribution is -0.115. The van der Waals surface area contributed by atoms with Crippen LogP contribution in [0.5, 0.6) is 0 Å². The number of hydrogen-bond donors (Lipinski definition) is 1. The van der Waals surface area contributed by atoms with Gasteiger partial charge in [-0.05, 0) is 35.6 Å². The van der Waals surface area contributed by atoms with Gasteiger partial charge in [0.25, 0.3) is 0 Å². The summed E-state index contributed by atoms with van der Waals surface area (Å²) in [6.07, 6.45) is 0.334. The van der Waals surface area contributed by atoms with E-state index in [1.165, 1.54) is 16.9 Å². The molecule has 0 aliphatic rings. The van der Waals surface area contributed by atoms with Crippen molar-refractivity contribution in [3.63, 3.8) is 0 Å². The third kappa shape index (κ3) is 3.60. The molecule has 3 aromatic rings. The topological polar surface area (TPSA) is 42.0 Å². The number of hydrogen-bond acceptors (Lipinski definition) is 3. The second-order valence-electron chi connectivity index (χ2n) is 6.18. The molecule has 5 heteroatoms. The standard InChI is InChI=1S/C19H19ClN2OS/c1-11(2)14-7-5-13(6-8-14)10-16(23)21-19-22-17-12(3)4-9-15(20)18(17)24-19/h4-9,11H,10H2,1-3H3,(H,21,22,23). The van der Waals surface area contributed by atoms with Crippen LogP contribution in [0, 0.1) is 6.92 Å². The van der Waals surface area contributed by atoms with Gasteiger partial charge in [0.05, 0.1) is 21.7 Å². The summed E-state index contributed by atoms with van der Waals surface area (Å²) >= 11 is 7.61. The number of thiazole rings is 1. The van der Waals surface area contributed by atoms with E-state index in [1.54, 1.807) is 0 Å². The summed E-state index contributed by atoms with van der Waals surface area (Å²) < 4.78 is 0.910. The molecule has 24 heavy (non-hydrogen) atoms. The average molecular weight is 359 g/mol. The smallest absolute Gasteiger partial charge is 0.230 e. The molecule has 2 aromatic carbocycles. The molecule has 124 valence electrons. The third-order valence-corrected chi connectivity index (χ3v) is 5.39. The van der Waals surface area contributed by atoms with E-state index < -0.39 is 0 Å². The molecule has 3 nitrogen and oxygen atoms in total. The van der Waals surface area contributed by atoms with E-state index in [0.29, 0.717) is 22.5 Å². The summed E-state index contributed by atoms with van der Waals surface area (Å²) in [6.45, 7) is 6.30. The van der Waals surface area contributed by atoms with E-state index in [0.717, 1.165) is 21.3 Å². The minimum absolute atomic E-state index is 0.0693. The van der Waals surface area contributed by atoms with Crippen LogP contribution in [-0.4, -0.2) is 10.9 Å². The summed E-state index contributed by atoms with van der Waals surface area (Å²) in [5, 5.41) is 4.13. The molecule has 0 spiro atoms. The van der Waals surface area contributed by atoms with Gasteiger partial charge in [0.1, 0.15) is 0 Å². The zero-order chi connectivity index (χ0) is 17.3. The van der Waals surface area contributed by atoms with Crippen molar-refractivity contribution < 1.29 is 4.79 Å². The lowest BCUT2D eigenvalue weighted by Gasteiger charge is -2.06. The number of rotatable bonds is 4. The monoisotopic (exact) mass is 358 g/mol. The van der Waals surface area contributed by atoms with Gasteiger partial charge in [-0.2, -0.15) is 0 Å². The first kappa shape index (κ1) is 16.9. The molecule has 0 saturated heterocycles. The molecule has 0 saturated carbocycles. The predicted molar refractivity (Wildman–Crippen MR) is 102 cm³/mol. The Kier molecular flexibility index (Phi) is 4.88. The van der Waals surface area contributed by atoms with Gasteiger partial charge in [-0.15, -0.1) is 0 Å². The van der Waals surface area contributed by atoms with Gasteiger partial charge in [-0.3, -0.25) is 4.79 Å². The van der Waals surface area contributed by atoms with Crippen molar-refractivity contribution in [2.24, 2.45) is 0 Å². The van der Waals surface area contributed by atoms with E-state index in [9.17, 15) is 4.79 Å². The zero-order valence-electron chi connectivity index (χ0n) is 13.9. The second kappa shape index (κ2) is 6.91. The predicted octanol–water partition coefficient (Wildman–Crippen LogP) is 5.56. The van der Waals surface area contributed by atoms with E-state index in [1.807, 2.05) is 31.2 Å². The number of nitrogens with one attached hydrogen (secondary N) is 1. The number of anilines is 1. The first-order chi connectivity index (χ1) is 11.4. The highest BCUT2D eigenvalue weighted by Gasteiger charge is 2.12. The summed E-state index contributed by atoms with van der Waals surface area (Å²) in [7, 11) is 0. The number of carbonyl (C=O) groups excluding carboxylic acids is 1. The maximum Gasteiger partial charge on any atom is 0.230 e. The van der Waals surface area contributed by atoms with Gasteiger partial charge in [0.15, 0.2) is 5.13 Å². The number of fused-ring (bicyclic) bond motifs is 1. The molecule has 0 fully saturated rings. The van der Waals surface area contributed by atoms with Crippen LogP contribution in [0.25, 0.3) is 10.2 Å². The van der Waals surface area contributed by atoms with Crippen LogP contribution in [0.15, 0.2) is 36.4 Å². The number of amides is 1. The quantitative estimate of drug-likeness (QED) is 0.663. The molecule has 1 aromatic heterocycles. The Labute approximate surface area is 150 Å². The van der Waals surface area contributed by atoms with Crippen molar-refractivity contribution >= 4 is 44.2 Å². The minimum Gasteiger partial charge on any atom is -0.302 e. The van der Waals surface area contributed by atoms with Crippen LogP contribution in [0.2, 0.25) is 5.02 Å². The molecule has 0 radical (unpaired) electrons. The fraction of sp³-hybridized carbons (Fsp3) is 0.263. The van der Waals surface area contributed by atoms with Gasteiger partial charge in [0, 0.05) is 0 Å². The minimum atomic E-state index is -0.0693. The van der Waals surface area contributed by atoms with Gasteiger partial charge in [-0.1, -0.05) is 67.1 Å². The van der Waals surface area contributed by atoms with Crippen molar-refractivity contribution in [3.8, 4) is 0 Å². The molecule has 0 aliphatic heterocycles. The molecule has 1 heterocycles. The lowest BCUT2D eigenvalue weighted by Crippen LogP contribution is -2.14. The largest absolute Gasteiger partial charge is 0.302 e. The van der Waals surface area contributed by atoms with Crippen LogP contribution >= 0.6 is 22.9 Å². The van der Waals surface area contributed by atoms with Crippen LogP contribution in [0.4, 0.5) is 5.13 Å². The van der Waals surface area contributed by atoms with E-state index in [2.05, 4.69) is 36.3 Å². The van der Waals surface area contributed by atoms with Gasteiger partial charge in [0.2, 0.25) is 5.91 Å². The molecule has 1 amide bonds. The first-order valence-electron chi connectivity index (χ1n) is 7.88. The molecule has 0 aliphatic carbocycles. The van der Waals surface area contributed by atoms with E-state index >= 15 is 0 Å². The number of halogens is 1. The Balaban J connectivity index is 1.73. The first-order valence-corrected chi connectivity index (χ1v) is 9.08. The highest BCUT2D eigenvalue weighted by Crippen LogP contribution is 2.33. The fourth-order valence-electron chi connectivity index (χ4n) is 2.52. The molecule has 0 unspecified atom stereocenters. The number of benzene rings is 2. The maximum atomic E-state index is 12.3. The van der Waals surface area contributed by atoms with Crippen LogP contribution < -0.4 is 5.32 Å². The lowest BCUT2D eigenvalue weighted by atomic mass is 10.0. The highest BCUT2D eigenvalue weighted by atomic mass is 35.5. The van der Waals surface area contributed by atoms with Crippen molar-refractivity contribution in [1.82, 2.24) is 4.98 Å². The SMILES string of the molecule is Cc1ccc(Cl)c2sc(NC(=O)Cc3ccc(C(C)C)cc3)nc12. The van der Waals surface area contributed by atoms with Crippen LogP contribution in [0.3, 0.4) is 0 Å². The van der Waals surface area contributed by atoms with Crippen molar-refractivity contribution in [3.05, 3.63) is 58.1 Å². The number of aryl methyl sites for hydroxylation is 1. The molecule has 3 rings (SSSR count). The molecular weight excluding hydrogens is 340 g/mol. The number of nitrogens with zero attached hydrogens (tertiary/aromatic N) is 1. The Morgan fingerprint density at radius 1 is 1.21 bits per heavy atom. The van der Waals surface area contributed by atoms with Crippen molar-refractivity contribution in [2.45, 2.75) is 33.1 Å². The van der Waals surface area contributed by atoms with Gasteiger partial charge >= 0.3 is 0 Å². The van der Waals surface area contributed by atoms with Crippen molar-refractivity contribution in [2.75, 3.05) is 5.32 Å². The summed E-state index contributed by atoms with van der Waals surface area (Å²) in [5.74, 6) is 0.420. The highest BCUT2D eigenvalue weighted by molar-refractivity contribution is 7.23. The van der Waals surface area contributed by atoms with Gasteiger partial charge in [-0.25, -0.2) is 4.98 Å². The van der Waals surface area contributed by atoms with E-state index in [4.69, 9.17) is 11.6 Å². The Bertz CT molecular complexity index is 845. The molecule has 1 N–H and O–H groups in total. The molecule has 0 bridgehead atoms. The summed E-state index contributed by atoms with van der Waals surface area (Å²) in [6, 6.07) is 12.0. The summed E-state index contributed by atoms with van der Waals surface area (Å²) in [5.41, 5.74) is 4.17.